The molecular formula is C16H31. The van der Waals surface area contributed by atoms with Gasteiger partial charge in [-0.25, -0.2) is 0 Å². The molecule has 0 aromatic carbocycles. The monoisotopic (exact) mass is 223 g/mol. The summed E-state index contributed by atoms with van der Waals surface area (Å²) in [6.07, 6.45) is 19.8. The lowest BCUT2D eigenvalue weighted by Gasteiger charge is -2.02. The average molecular weight is 223 g/mol. The summed E-state index contributed by atoms with van der Waals surface area (Å²) < 4.78 is 0. The maximum Gasteiger partial charge on any atom is -0.0386 e. The molecule has 0 atom stereocenters. The molecule has 0 rings (SSSR count). The maximum absolute atomic E-state index is 3.86. The summed E-state index contributed by atoms with van der Waals surface area (Å²) in [5, 5.41) is 0. The van der Waals surface area contributed by atoms with Crippen molar-refractivity contribution < 1.29 is 0 Å². The molecule has 16 heavy (non-hydrogen) atoms. The molecule has 3 radical (unpaired) electrons. The van der Waals surface area contributed by atoms with Crippen LogP contribution >= 0.6 is 0 Å². The van der Waals surface area contributed by atoms with E-state index in [1.54, 1.807) is 0 Å². The molecule has 0 N–H and O–H groups in total. The Hall–Kier alpha value is 0. The lowest BCUT2D eigenvalue weighted by Crippen LogP contribution is -1.83. The highest BCUT2D eigenvalue weighted by Gasteiger charge is 1.93. The van der Waals surface area contributed by atoms with E-state index in [2.05, 4.69) is 20.3 Å². The van der Waals surface area contributed by atoms with Crippen LogP contribution in [0.1, 0.15) is 83.5 Å². The van der Waals surface area contributed by atoms with Gasteiger partial charge in [-0.2, -0.15) is 0 Å². The summed E-state index contributed by atoms with van der Waals surface area (Å²) in [5.41, 5.74) is 0. The van der Waals surface area contributed by atoms with Crippen LogP contribution in [0.15, 0.2) is 0 Å². The Labute approximate surface area is 104 Å². The summed E-state index contributed by atoms with van der Waals surface area (Å²) in [7, 11) is 0. The van der Waals surface area contributed by atoms with Gasteiger partial charge in [0.15, 0.2) is 0 Å². The first kappa shape index (κ1) is 16.0. The van der Waals surface area contributed by atoms with Crippen LogP contribution in [-0.4, -0.2) is 0 Å². The van der Waals surface area contributed by atoms with E-state index in [1.165, 1.54) is 70.6 Å². The quantitative estimate of drug-likeness (QED) is 0.339. The third-order valence-corrected chi connectivity index (χ3v) is 3.07. The van der Waals surface area contributed by atoms with E-state index in [9.17, 15) is 0 Å². The van der Waals surface area contributed by atoms with Crippen molar-refractivity contribution in [3.05, 3.63) is 20.3 Å². The predicted molar refractivity (Wildman–Crippen MR) is 75.0 cm³/mol. The van der Waals surface area contributed by atoms with Crippen molar-refractivity contribution in [3.8, 4) is 0 Å². The number of hydrogen-bond donors (Lipinski definition) is 0. The summed E-state index contributed by atoms with van der Waals surface area (Å²) in [4.78, 5) is 0. The zero-order valence-electron chi connectivity index (χ0n) is 11.2. The first-order chi connectivity index (χ1) is 7.91. The van der Waals surface area contributed by atoms with Crippen LogP contribution in [0.25, 0.3) is 0 Å². The highest BCUT2D eigenvalue weighted by atomic mass is 14.0. The van der Waals surface area contributed by atoms with Crippen LogP contribution in [0, 0.1) is 20.3 Å². The van der Waals surface area contributed by atoms with Crippen molar-refractivity contribution in [2.75, 3.05) is 0 Å². The van der Waals surface area contributed by atoms with Crippen molar-refractivity contribution in [3.63, 3.8) is 0 Å². The topological polar surface area (TPSA) is 0 Å². The fourth-order valence-corrected chi connectivity index (χ4v) is 1.96. The summed E-state index contributed by atoms with van der Waals surface area (Å²) in [6.45, 7) is 7.73. The molecule has 95 valence electrons. The Kier molecular flexibility index (Phi) is 15.0. The Bertz CT molecular complexity index is 92.6. The standard InChI is InChI=1S/C16H31/c1-3-5-7-9-11-13-15-16-14-12-10-8-6-4-2/h15H,1-14,16H2. The molecule has 0 bridgehead atoms. The number of rotatable bonds is 13. The summed E-state index contributed by atoms with van der Waals surface area (Å²) in [5.74, 6) is 0. The zero-order valence-corrected chi connectivity index (χ0v) is 11.2. The Balaban J connectivity index is 2.83. The van der Waals surface area contributed by atoms with Gasteiger partial charge in [-0.3, -0.25) is 0 Å². The molecule has 0 aromatic rings. The van der Waals surface area contributed by atoms with Crippen molar-refractivity contribution in [2.24, 2.45) is 0 Å². The normalized spacial score (nSPS) is 10.9. The Morgan fingerprint density at radius 2 is 0.875 bits per heavy atom. The minimum atomic E-state index is 1.11. The van der Waals surface area contributed by atoms with E-state index in [4.69, 9.17) is 0 Å². The first-order valence-electron chi connectivity index (χ1n) is 7.32. The van der Waals surface area contributed by atoms with Gasteiger partial charge < -0.3 is 0 Å². The molecule has 0 saturated carbocycles. The van der Waals surface area contributed by atoms with Crippen molar-refractivity contribution >= 4 is 0 Å². The molecule has 0 heteroatoms. The second kappa shape index (κ2) is 15.0. The third kappa shape index (κ3) is 14.0. The average Bonchev–Trinajstić information content (AvgIpc) is 2.31. The van der Waals surface area contributed by atoms with E-state index < -0.39 is 0 Å². The van der Waals surface area contributed by atoms with Crippen LogP contribution in [0.4, 0.5) is 0 Å². The van der Waals surface area contributed by atoms with Gasteiger partial charge in [0.05, 0.1) is 0 Å². The smallest absolute Gasteiger partial charge is 0.0386 e. The van der Waals surface area contributed by atoms with Gasteiger partial charge in [0.1, 0.15) is 0 Å². The maximum atomic E-state index is 3.86. The number of unbranched alkanes of at least 4 members (excludes halogenated alkanes) is 13. The van der Waals surface area contributed by atoms with Crippen LogP contribution < -0.4 is 0 Å². The van der Waals surface area contributed by atoms with E-state index in [1.807, 2.05) is 0 Å². The van der Waals surface area contributed by atoms with Crippen molar-refractivity contribution in [1.82, 2.24) is 0 Å². The van der Waals surface area contributed by atoms with E-state index in [-0.39, 0.29) is 0 Å². The second-order valence-electron chi connectivity index (χ2n) is 4.76. The van der Waals surface area contributed by atoms with E-state index >= 15 is 0 Å². The molecule has 0 unspecified atom stereocenters. The van der Waals surface area contributed by atoms with Gasteiger partial charge in [0.2, 0.25) is 0 Å². The van der Waals surface area contributed by atoms with Gasteiger partial charge in [-0.05, 0) is 6.42 Å². The second-order valence-corrected chi connectivity index (χ2v) is 4.76. The molecule has 0 aromatic heterocycles. The highest BCUT2D eigenvalue weighted by molar-refractivity contribution is 4.64. The number of hydrogen-bond acceptors (Lipinski definition) is 0. The van der Waals surface area contributed by atoms with Crippen LogP contribution in [0.3, 0.4) is 0 Å². The van der Waals surface area contributed by atoms with Gasteiger partial charge in [0.25, 0.3) is 0 Å². The van der Waals surface area contributed by atoms with Crippen LogP contribution in [0.2, 0.25) is 0 Å². The van der Waals surface area contributed by atoms with Gasteiger partial charge >= 0.3 is 0 Å². The van der Waals surface area contributed by atoms with E-state index in [0.29, 0.717) is 0 Å². The van der Waals surface area contributed by atoms with Crippen LogP contribution in [-0.2, 0) is 0 Å². The molecule has 0 heterocycles. The Morgan fingerprint density at radius 1 is 0.500 bits per heavy atom. The highest BCUT2D eigenvalue weighted by Crippen LogP contribution is 2.11. The minimum Gasteiger partial charge on any atom is -0.0533 e. The fourth-order valence-electron chi connectivity index (χ4n) is 1.96. The van der Waals surface area contributed by atoms with Gasteiger partial charge in [-0.1, -0.05) is 97.3 Å². The molecule has 0 aliphatic carbocycles. The fraction of sp³-hybridized carbons (Fsp3) is 0.812. The summed E-state index contributed by atoms with van der Waals surface area (Å²) >= 11 is 0. The Morgan fingerprint density at radius 3 is 1.31 bits per heavy atom. The van der Waals surface area contributed by atoms with Crippen molar-refractivity contribution in [1.29, 1.82) is 0 Å². The lowest BCUT2D eigenvalue weighted by molar-refractivity contribution is 0.594. The first-order valence-corrected chi connectivity index (χ1v) is 7.32. The summed E-state index contributed by atoms with van der Waals surface area (Å²) in [6, 6.07) is 0. The minimum absolute atomic E-state index is 1.11. The molecule has 0 aliphatic heterocycles. The molecule has 0 saturated heterocycles. The molecule has 0 aliphatic rings. The predicted octanol–water partition coefficient (Wildman–Crippen LogP) is 5.93. The van der Waals surface area contributed by atoms with E-state index in [0.717, 1.165) is 12.8 Å². The van der Waals surface area contributed by atoms with Crippen molar-refractivity contribution in [2.45, 2.75) is 83.5 Å². The lowest BCUT2D eigenvalue weighted by atomic mass is 10.0. The molecule has 0 spiro atoms. The van der Waals surface area contributed by atoms with Gasteiger partial charge in [-0.15, -0.1) is 0 Å². The zero-order chi connectivity index (χ0) is 11.9. The van der Waals surface area contributed by atoms with Gasteiger partial charge in [0, 0.05) is 0 Å². The molecule has 0 amide bonds. The largest absolute Gasteiger partial charge is 0.0533 e. The SMILES string of the molecule is [CH2]CCCCCC[CH]CCCCCCC[CH2]. The third-order valence-electron chi connectivity index (χ3n) is 3.07. The molecule has 0 fully saturated rings. The van der Waals surface area contributed by atoms with Crippen LogP contribution in [0.5, 0.6) is 0 Å². The molecule has 0 nitrogen and oxygen atoms in total. The molecular weight excluding hydrogens is 192 g/mol.